The Kier molecular flexibility index (Phi) is 4.08. The molecule has 1 aliphatic heterocycles. The lowest BCUT2D eigenvalue weighted by molar-refractivity contribution is 0.361. The second-order valence-corrected chi connectivity index (χ2v) is 6.04. The Morgan fingerprint density at radius 1 is 1.60 bits per heavy atom. The number of sulfonamides is 1. The standard InChI is InChI=1S/C9H17N3O2S/c1-7-5-9(3-4-11-7)12-15(13,14)8(2)6-10/h7-9,11-12H,3-5H2,1-2H3. The summed E-state index contributed by atoms with van der Waals surface area (Å²) in [6, 6.07) is 2.02. The van der Waals surface area contributed by atoms with Gasteiger partial charge in [0.1, 0.15) is 0 Å². The highest BCUT2D eigenvalue weighted by Crippen LogP contribution is 2.10. The van der Waals surface area contributed by atoms with E-state index in [4.69, 9.17) is 5.26 Å². The molecule has 0 saturated carbocycles. The first-order valence-corrected chi connectivity index (χ1v) is 6.64. The average Bonchev–Trinajstić information content (AvgIpc) is 2.15. The highest BCUT2D eigenvalue weighted by Gasteiger charge is 2.26. The summed E-state index contributed by atoms with van der Waals surface area (Å²) >= 11 is 0. The van der Waals surface area contributed by atoms with Gasteiger partial charge < -0.3 is 5.32 Å². The van der Waals surface area contributed by atoms with Gasteiger partial charge in [-0.15, -0.1) is 0 Å². The summed E-state index contributed by atoms with van der Waals surface area (Å²) < 4.78 is 25.8. The van der Waals surface area contributed by atoms with Gasteiger partial charge in [-0.05, 0) is 33.2 Å². The van der Waals surface area contributed by atoms with Crippen LogP contribution in [0.4, 0.5) is 0 Å². The summed E-state index contributed by atoms with van der Waals surface area (Å²) in [7, 11) is -3.47. The van der Waals surface area contributed by atoms with Gasteiger partial charge in [0.2, 0.25) is 10.0 Å². The van der Waals surface area contributed by atoms with E-state index in [1.54, 1.807) is 6.07 Å². The van der Waals surface area contributed by atoms with Gasteiger partial charge in [-0.25, -0.2) is 13.1 Å². The predicted octanol–water partition coefficient (Wildman–Crippen LogP) is -0.0416. The summed E-state index contributed by atoms with van der Waals surface area (Å²) in [5, 5.41) is 10.8. The first-order chi connectivity index (χ1) is 6.95. The van der Waals surface area contributed by atoms with Gasteiger partial charge in [0, 0.05) is 12.1 Å². The number of rotatable bonds is 3. The first-order valence-electron chi connectivity index (χ1n) is 5.10. The molecule has 0 aromatic carbocycles. The summed E-state index contributed by atoms with van der Waals surface area (Å²) in [4.78, 5) is 0. The minimum atomic E-state index is -3.47. The third kappa shape index (κ3) is 3.45. The zero-order chi connectivity index (χ0) is 11.5. The van der Waals surface area contributed by atoms with E-state index in [0.29, 0.717) is 6.04 Å². The normalized spacial score (nSPS) is 29.4. The largest absolute Gasteiger partial charge is 0.314 e. The number of piperidine rings is 1. The van der Waals surface area contributed by atoms with Crippen LogP contribution in [0.15, 0.2) is 0 Å². The molecule has 0 bridgehead atoms. The van der Waals surface area contributed by atoms with E-state index in [1.807, 2.05) is 6.92 Å². The number of nitrogens with one attached hydrogen (secondary N) is 2. The van der Waals surface area contributed by atoms with Crippen molar-refractivity contribution in [3.63, 3.8) is 0 Å². The van der Waals surface area contributed by atoms with Crippen molar-refractivity contribution < 1.29 is 8.42 Å². The molecule has 0 aromatic rings. The molecule has 3 unspecified atom stereocenters. The van der Waals surface area contributed by atoms with Crippen LogP contribution in [-0.2, 0) is 10.0 Å². The molecule has 0 aliphatic carbocycles. The molecule has 0 aromatic heterocycles. The molecule has 86 valence electrons. The van der Waals surface area contributed by atoms with Crippen molar-refractivity contribution in [3.05, 3.63) is 0 Å². The molecule has 1 heterocycles. The Hall–Kier alpha value is -0.640. The maximum absolute atomic E-state index is 11.6. The van der Waals surface area contributed by atoms with Crippen LogP contribution in [0.25, 0.3) is 0 Å². The van der Waals surface area contributed by atoms with Gasteiger partial charge in [0.05, 0.1) is 6.07 Å². The van der Waals surface area contributed by atoms with Gasteiger partial charge in [-0.2, -0.15) is 5.26 Å². The molecule has 1 fully saturated rings. The molecule has 6 heteroatoms. The summed E-state index contributed by atoms with van der Waals surface area (Å²) in [6.45, 7) is 4.23. The van der Waals surface area contributed by atoms with E-state index >= 15 is 0 Å². The van der Waals surface area contributed by atoms with Crippen molar-refractivity contribution in [1.29, 1.82) is 5.26 Å². The molecule has 5 nitrogen and oxygen atoms in total. The average molecular weight is 231 g/mol. The molecule has 2 N–H and O–H groups in total. The second kappa shape index (κ2) is 4.92. The van der Waals surface area contributed by atoms with Crippen molar-refractivity contribution in [2.45, 2.75) is 44.0 Å². The summed E-state index contributed by atoms with van der Waals surface area (Å²) in [5.74, 6) is 0. The topological polar surface area (TPSA) is 82.0 Å². The van der Waals surface area contributed by atoms with Crippen molar-refractivity contribution in [3.8, 4) is 6.07 Å². The highest BCUT2D eigenvalue weighted by atomic mass is 32.2. The van der Waals surface area contributed by atoms with Crippen molar-refractivity contribution in [2.75, 3.05) is 6.54 Å². The third-order valence-corrected chi connectivity index (χ3v) is 4.30. The zero-order valence-electron chi connectivity index (χ0n) is 9.03. The predicted molar refractivity (Wildman–Crippen MR) is 57.6 cm³/mol. The Morgan fingerprint density at radius 3 is 2.80 bits per heavy atom. The van der Waals surface area contributed by atoms with Crippen LogP contribution in [-0.4, -0.2) is 32.3 Å². The van der Waals surface area contributed by atoms with E-state index in [-0.39, 0.29) is 6.04 Å². The van der Waals surface area contributed by atoms with Gasteiger partial charge >= 0.3 is 0 Å². The molecular weight excluding hydrogens is 214 g/mol. The van der Waals surface area contributed by atoms with E-state index in [0.717, 1.165) is 19.4 Å². The third-order valence-electron chi connectivity index (χ3n) is 2.60. The molecule has 0 radical (unpaired) electrons. The van der Waals surface area contributed by atoms with Gasteiger partial charge in [0.15, 0.2) is 5.25 Å². The maximum Gasteiger partial charge on any atom is 0.227 e. The van der Waals surface area contributed by atoms with Crippen molar-refractivity contribution in [1.82, 2.24) is 10.0 Å². The Bertz CT molecular complexity index is 347. The van der Waals surface area contributed by atoms with Gasteiger partial charge in [-0.1, -0.05) is 0 Å². The number of nitriles is 1. The van der Waals surface area contributed by atoms with Gasteiger partial charge in [0.25, 0.3) is 0 Å². The van der Waals surface area contributed by atoms with E-state index in [1.165, 1.54) is 6.92 Å². The molecular formula is C9H17N3O2S. The van der Waals surface area contributed by atoms with E-state index in [2.05, 4.69) is 10.0 Å². The van der Waals surface area contributed by atoms with Gasteiger partial charge in [-0.3, -0.25) is 0 Å². The summed E-state index contributed by atoms with van der Waals surface area (Å²) in [5.41, 5.74) is 0. The molecule has 1 aliphatic rings. The molecule has 15 heavy (non-hydrogen) atoms. The lowest BCUT2D eigenvalue weighted by Crippen LogP contribution is -2.48. The lowest BCUT2D eigenvalue weighted by Gasteiger charge is -2.28. The van der Waals surface area contributed by atoms with Crippen LogP contribution in [0.3, 0.4) is 0 Å². The van der Waals surface area contributed by atoms with Crippen LogP contribution in [0, 0.1) is 11.3 Å². The van der Waals surface area contributed by atoms with Crippen LogP contribution < -0.4 is 10.0 Å². The van der Waals surface area contributed by atoms with Crippen molar-refractivity contribution in [2.24, 2.45) is 0 Å². The smallest absolute Gasteiger partial charge is 0.227 e. The Labute approximate surface area is 90.9 Å². The molecule has 0 spiro atoms. The molecule has 3 atom stereocenters. The Morgan fingerprint density at radius 2 is 2.27 bits per heavy atom. The number of hydrogen-bond acceptors (Lipinski definition) is 4. The fourth-order valence-corrected chi connectivity index (χ4v) is 2.66. The van der Waals surface area contributed by atoms with E-state index < -0.39 is 15.3 Å². The summed E-state index contributed by atoms with van der Waals surface area (Å²) in [6.07, 6.45) is 1.55. The minimum absolute atomic E-state index is 0.0398. The number of nitrogens with zero attached hydrogens (tertiary/aromatic N) is 1. The SMILES string of the molecule is CC1CC(NS(=O)(=O)C(C)C#N)CCN1. The maximum atomic E-state index is 11.6. The fraction of sp³-hybridized carbons (Fsp3) is 0.889. The Balaban J connectivity index is 2.58. The molecule has 1 saturated heterocycles. The first kappa shape index (κ1) is 12.4. The zero-order valence-corrected chi connectivity index (χ0v) is 9.84. The monoisotopic (exact) mass is 231 g/mol. The lowest BCUT2D eigenvalue weighted by atomic mass is 10.0. The number of hydrogen-bond donors (Lipinski definition) is 2. The minimum Gasteiger partial charge on any atom is -0.314 e. The van der Waals surface area contributed by atoms with Crippen molar-refractivity contribution >= 4 is 10.0 Å². The van der Waals surface area contributed by atoms with E-state index in [9.17, 15) is 8.42 Å². The quantitative estimate of drug-likeness (QED) is 0.714. The van der Waals surface area contributed by atoms with Crippen LogP contribution in [0.2, 0.25) is 0 Å². The second-order valence-electron chi connectivity index (χ2n) is 4.01. The highest BCUT2D eigenvalue weighted by molar-refractivity contribution is 7.90. The van der Waals surface area contributed by atoms with Crippen LogP contribution in [0.1, 0.15) is 26.7 Å². The molecule has 1 rings (SSSR count). The van der Waals surface area contributed by atoms with Crippen LogP contribution in [0.5, 0.6) is 0 Å². The van der Waals surface area contributed by atoms with Crippen LogP contribution >= 0.6 is 0 Å². The molecule has 0 amide bonds. The fourth-order valence-electron chi connectivity index (χ4n) is 1.64.